The highest BCUT2D eigenvalue weighted by Gasteiger charge is 2.53. The summed E-state index contributed by atoms with van der Waals surface area (Å²) in [5.74, 6) is 0.468. The number of ether oxygens (including phenoxy) is 2. The van der Waals surface area contributed by atoms with Crippen molar-refractivity contribution >= 4 is 18.3 Å². The molecule has 1 saturated carbocycles. The Balaban J connectivity index is 0.00000225. The number of halogens is 1. The number of carbonyl (C=O) groups excluding carboxylic acids is 1. The Hall–Kier alpha value is -1.14. The van der Waals surface area contributed by atoms with Gasteiger partial charge in [-0.3, -0.25) is 4.79 Å². The van der Waals surface area contributed by atoms with E-state index < -0.39 is 0 Å². The topological polar surface area (TPSA) is 64.8 Å². The van der Waals surface area contributed by atoms with E-state index in [4.69, 9.17) is 15.2 Å². The van der Waals surface area contributed by atoms with E-state index in [0.29, 0.717) is 17.4 Å². The lowest BCUT2D eigenvalue weighted by atomic mass is 9.62. The van der Waals surface area contributed by atoms with Gasteiger partial charge in [-0.25, -0.2) is 0 Å². The number of likely N-dealkylation sites (tertiary alicyclic amines) is 1. The molecule has 1 amide bonds. The molecule has 2 N–H and O–H groups in total. The van der Waals surface area contributed by atoms with Crippen LogP contribution in [-0.4, -0.2) is 51.3 Å². The quantitative estimate of drug-likeness (QED) is 0.837. The van der Waals surface area contributed by atoms with Crippen LogP contribution >= 0.6 is 12.4 Å². The molecule has 1 aromatic rings. The van der Waals surface area contributed by atoms with Gasteiger partial charge in [-0.15, -0.1) is 12.4 Å². The van der Waals surface area contributed by atoms with Gasteiger partial charge in [-0.2, -0.15) is 0 Å². The van der Waals surface area contributed by atoms with Gasteiger partial charge in [0.05, 0.1) is 6.61 Å². The van der Waals surface area contributed by atoms with Crippen molar-refractivity contribution in [3.05, 3.63) is 35.4 Å². The fraction of sp³-hybridized carbons (Fsp3) is 0.632. The van der Waals surface area contributed by atoms with Gasteiger partial charge < -0.3 is 20.1 Å². The van der Waals surface area contributed by atoms with Crippen molar-refractivity contribution in [1.29, 1.82) is 0 Å². The van der Waals surface area contributed by atoms with E-state index in [9.17, 15) is 4.79 Å². The molecule has 0 spiro atoms. The van der Waals surface area contributed by atoms with Crippen LogP contribution in [0.25, 0.3) is 0 Å². The summed E-state index contributed by atoms with van der Waals surface area (Å²) in [5, 5.41) is 0. The Kier molecular flexibility index (Phi) is 6.86. The average molecular weight is 369 g/mol. The first-order chi connectivity index (χ1) is 11.6. The van der Waals surface area contributed by atoms with E-state index in [-0.39, 0.29) is 23.9 Å². The molecule has 2 aliphatic rings. The Morgan fingerprint density at radius 3 is 2.52 bits per heavy atom. The molecule has 1 heterocycles. The molecule has 3 rings (SSSR count). The van der Waals surface area contributed by atoms with Gasteiger partial charge in [0.25, 0.3) is 0 Å². The zero-order valence-corrected chi connectivity index (χ0v) is 15.9. The molecule has 1 aromatic carbocycles. The maximum atomic E-state index is 11.6. The molecule has 1 aliphatic heterocycles. The maximum absolute atomic E-state index is 11.6. The predicted octanol–water partition coefficient (Wildman–Crippen LogP) is 2.43. The summed E-state index contributed by atoms with van der Waals surface area (Å²) in [6.07, 6.45) is 3.54. The zero-order chi connectivity index (χ0) is 17.2. The van der Waals surface area contributed by atoms with Gasteiger partial charge in [0, 0.05) is 51.3 Å². The summed E-state index contributed by atoms with van der Waals surface area (Å²) in [6, 6.07) is 7.72. The Morgan fingerprint density at radius 1 is 1.28 bits per heavy atom. The van der Waals surface area contributed by atoms with Gasteiger partial charge in [-0.1, -0.05) is 18.6 Å². The van der Waals surface area contributed by atoms with E-state index in [0.717, 1.165) is 44.6 Å². The van der Waals surface area contributed by atoms with Crippen molar-refractivity contribution in [2.75, 3.05) is 40.5 Å². The largest absolute Gasteiger partial charge is 0.383 e. The SMILES string of the molecule is COCCN1C[C@H]2CCC[C@@H](C1)[C@@]2(OC)c1cccc(C(N)=O)c1.Cl. The molecule has 5 nitrogen and oxygen atoms in total. The summed E-state index contributed by atoms with van der Waals surface area (Å²) in [5.41, 5.74) is 6.83. The predicted molar refractivity (Wildman–Crippen MR) is 100 cm³/mol. The molecule has 1 aliphatic carbocycles. The minimum Gasteiger partial charge on any atom is -0.383 e. The summed E-state index contributed by atoms with van der Waals surface area (Å²) < 4.78 is 11.5. The van der Waals surface area contributed by atoms with Gasteiger partial charge in [-0.05, 0) is 30.5 Å². The van der Waals surface area contributed by atoms with Gasteiger partial charge in [0.2, 0.25) is 5.91 Å². The molecule has 1 saturated heterocycles. The number of fused-ring (bicyclic) bond motifs is 2. The lowest BCUT2D eigenvalue weighted by molar-refractivity contribution is -0.170. The summed E-state index contributed by atoms with van der Waals surface area (Å²) in [7, 11) is 3.56. The van der Waals surface area contributed by atoms with Crippen LogP contribution in [0.15, 0.2) is 24.3 Å². The summed E-state index contributed by atoms with van der Waals surface area (Å²) in [6.45, 7) is 3.74. The smallest absolute Gasteiger partial charge is 0.248 e. The average Bonchev–Trinajstić information content (AvgIpc) is 2.59. The van der Waals surface area contributed by atoms with Crippen LogP contribution in [0, 0.1) is 11.8 Å². The van der Waals surface area contributed by atoms with Crippen LogP contribution in [0.3, 0.4) is 0 Å². The van der Waals surface area contributed by atoms with Crippen LogP contribution in [0.2, 0.25) is 0 Å². The molecule has 0 unspecified atom stereocenters. The molecule has 0 radical (unpaired) electrons. The molecular formula is C19H29ClN2O3. The van der Waals surface area contributed by atoms with Crippen LogP contribution in [0.1, 0.15) is 35.2 Å². The van der Waals surface area contributed by atoms with Gasteiger partial charge in [0.15, 0.2) is 0 Å². The number of nitrogens with two attached hydrogens (primary N) is 1. The number of benzene rings is 1. The molecule has 0 aromatic heterocycles. The highest BCUT2D eigenvalue weighted by Crippen LogP contribution is 2.51. The second-order valence-electron chi connectivity index (χ2n) is 7.02. The first kappa shape index (κ1) is 20.2. The second-order valence-corrected chi connectivity index (χ2v) is 7.02. The molecule has 140 valence electrons. The van der Waals surface area contributed by atoms with Gasteiger partial charge >= 0.3 is 0 Å². The lowest BCUT2D eigenvalue weighted by Crippen LogP contribution is -2.59. The number of amides is 1. The fourth-order valence-corrected chi connectivity index (χ4v) is 4.77. The Bertz CT molecular complexity index is 582. The molecule has 2 fully saturated rings. The Morgan fingerprint density at radius 2 is 1.96 bits per heavy atom. The highest BCUT2D eigenvalue weighted by atomic mass is 35.5. The van der Waals surface area contributed by atoms with Crippen LogP contribution in [-0.2, 0) is 15.1 Å². The molecule has 3 atom stereocenters. The third kappa shape index (κ3) is 3.70. The third-order valence-corrected chi connectivity index (χ3v) is 5.82. The highest BCUT2D eigenvalue weighted by molar-refractivity contribution is 5.92. The minimum atomic E-state index is -0.384. The van der Waals surface area contributed by atoms with Crippen LogP contribution in [0.5, 0.6) is 0 Å². The number of methoxy groups -OCH3 is 2. The van der Waals surface area contributed by atoms with Crippen molar-refractivity contribution < 1.29 is 14.3 Å². The first-order valence-corrected chi connectivity index (χ1v) is 8.78. The number of primary amides is 1. The number of hydrogen-bond acceptors (Lipinski definition) is 4. The van der Waals surface area contributed by atoms with E-state index in [1.54, 1.807) is 13.2 Å². The monoisotopic (exact) mass is 368 g/mol. The van der Waals surface area contributed by atoms with E-state index in [1.165, 1.54) is 6.42 Å². The van der Waals surface area contributed by atoms with Crippen LogP contribution < -0.4 is 5.73 Å². The number of hydrogen-bond donors (Lipinski definition) is 1. The van der Waals surface area contributed by atoms with E-state index >= 15 is 0 Å². The second kappa shape index (κ2) is 8.49. The van der Waals surface area contributed by atoms with Crippen molar-refractivity contribution in [2.45, 2.75) is 24.9 Å². The van der Waals surface area contributed by atoms with Crippen molar-refractivity contribution in [3.63, 3.8) is 0 Å². The summed E-state index contributed by atoms with van der Waals surface area (Å²) in [4.78, 5) is 14.1. The molecule has 6 heteroatoms. The third-order valence-electron chi connectivity index (χ3n) is 5.82. The van der Waals surface area contributed by atoms with Crippen molar-refractivity contribution in [2.24, 2.45) is 17.6 Å². The van der Waals surface area contributed by atoms with E-state index in [2.05, 4.69) is 11.0 Å². The minimum absolute atomic E-state index is 0. The van der Waals surface area contributed by atoms with Crippen molar-refractivity contribution in [1.82, 2.24) is 4.90 Å². The first-order valence-electron chi connectivity index (χ1n) is 8.78. The summed E-state index contributed by atoms with van der Waals surface area (Å²) >= 11 is 0. The lowest BCUT2D eigenvalue weighted by Gasteiger charge is -2.55. The number of piperidine rings is 1. The molecule has 25 heavy (non-hydrogen) atoms. The molecular weight excluding hydrogens is 340 g/mol. The maximum Gasteiger partial charge on any atom is 0.248 e. The zero-order valence-electron chi connectivity index (χ0n) is 15.1. The van der Waals surface area contributed by atoms with E-state index in [1.807, 2.05) is 19.2 Å². The standard InChI is InChI=1S/C19H28N2O3.ClH/c1-23-10-9-21-12-16-7-4-8-17(13-21)19(16,24-2)15-6-3-5-14(11-15)18(20)22;/h3,5-6,11,16-17H,4,7-10,12-13H2,1-2H3,(H2,20,22);1H/t16-,17+,19-;. The van der Waals surface area contributed by atoms with Crippen LogP contribution in [0.4, 0.5) is 0 Å². The molecule has 2 bridgehead atoms. The van der Waals surface area contributed by atoms with Crippen molar-refractivity contribution in [3.8, 4) is 0 Å². The number of carbonyl (C=O) groups is 1. The Labute approximate surface area is 156 Å². The number of rotatable bonds is 6. The van der Waals surface area contributed by atoms with Gasteiger partial charge in [0.1, 0.15) is 5.60 Å². The fourth-order valence-electron chi connectivity index (χ4n) is 4.77. The number of nitrogens with zero attached hydrogens (tertiary/aromatic N) is 1. The normalized spacial score (nSPS) is 29.0.